The maximum atomic E-state index is 5.42. The highest BCUT2D eigenvalue weighted by Gasteiger charge is 2.07. The molecule has 0 radical (unpaired) electrons. The molecule has 0 atom stereocenters. The summed E-state index contributed by atoms with van der Waals surface area (Å²) in [5.41, 5.74) is 5.42. The minimum Gasteiger partial charge on any atom is -0.329 e. The smallest absolute Gasteiger partial charge is 0.0105 e. The van der Waals surface area contributed by atoms with Gasteiger partial charge in [0.15, 0.2) is 0 Å². The van der Waals surface area contributed by atoms with Crippen molar-refractivity contribution < 1.29 is 0 Å². The predicted octanol–water partition coefficient (Wildman–Crippen LogP) is -0.750. The second kappa shape index (κ2) is 7.94. The Morgan fingerprint density at radius 1 is 1.00 bits per heavy atom. The first kappa shape index (κ1) is 10.8. The van der Waals surface area contributed by atoms with Crippen LogP contribution in [0.25, 0.3) is 0 Å². The highest BCUT2D eigenvalue weighted by Crippen LogP contribution is 2.06. The van der Waals surface area contributed by atoms with Crippen molar-refractivity contribution in [3.05, 3.63) is 0 Å². The van der Waals surface area contributed by atoms with E-state index in [1.54, 1.807) is 0 Å². The van der Waals surface area contributed by atoms with Crippen molar-refractivity contribution in [2.75, 3.05) is 26.2 Å². The van der Waals surface area contributed by atoms with Crippen LogP contribution >= 0.6 is 0 Å². The molecule has 0 unspecified atom stereocenters. The monoisotopic (exact) mass is 160 g/mol. The van der Waals surface area contributed by atoms with Gasteiger partial charge in [0.25, 0.3) is 0 Å². The zero-order valence-corrected chi connectivity index (χ0v) is 7.13. The van der Waals surface area contributed by atoms with Gasteiger partial charge in [-0.1, -0.05) is 6.42 Å². The second-order valence-electron chi connectivity index (χ2n) is 2.69. The molecular formula is C7H20N4. The van der Waals surface area contributed by atoms with Crippen molar-refractivity contribution in [3.8, 4) is 0 Å². The molecule has 0 aromatic rings. The summed E-state index contributed by atoms with van der Waals surface area (Å²) in [7, 11) is 0. The van der Waals surface area contributed by atoms with Crippen LogP contribution in [0.2, 0.25) is 0 Å². The van der Waals surface area contributed by atoms with E-state index < -0.39 is 0 Å². The summed E-state index contributed by atoms with van der Waals surface area (Å²) >= 11 is 0. The van der Waals surface area contributed by atoms with Crippen molar-refractivity contribution in [1.82, 2.24) is 4.90 Å². The molecule has 0 bridgehead atoms. The Morgan fingerprint density at radius 2 is 1.55 bits per heavy atom. The molecule has 1 aliphatic heterocycles. The number of nitrogens with zero attached hydrogens (tertiary/aromatic N) is 1. The van der Waals surface area contributed by atoms with Crippen molar-refractivity contribution >= 4 is 0 Å². The molecule has 4 nitrogen and oxygen atoms in total. The minimum atomic E-state index is 0.819. The first-order valence-electron chi connectivity index (χ1n) is 4.19. The average Bonchev–Trinajstić information content (AvgIpc) is 2.11. The average molecular weight is 160 g/mol. The lowest BCUT2D eigenvalue weighted by Gasteiger charge is -2.25. The van der Waals surface area contributed by atoms with Gasteiger partial charge in [-0.25, -0.2) is 0 Å². The topological polar surface area (TPSA) is 81.3 Å². The molecule has 0 aromatic carbocycles. The first-order valence-corrected chi connectivity index (χ1v) is 4.19. The Bertz CT molecular complexity index is 68.1. The Morgan fingerprint density at radius 3 is 2.00 bits per heavy atom. The van der Waals surface area contributed by atoms with Crippen molar-refractivity contribution in [1.29, 1.82) is 0 Å². The van der Waals surface area contributed by atoms with Crippen LogP contribution < -0.4 is 17.4 Å². The van der Waals surface area contributed by atoms with Crippen LogP contribution in [0, 0.1) is 0 Å². The fourth-order valence-corrected chi connectivity index (χ4v) is 1.37. The molecule has 0 aromatic heterocycles. The molecule has 0 amide bonds. The van der Waals surface area contributed by atoms with E-state index in [0.717, 1.165) is 13.1 Å². The van der Waals surface area contributed by atoms with Crippen LogP contribution in [0.3, 0.4) is 0 Å². The van der Waals surface area contributed by atoms with E-state index in [-0.39, 0.29) is 0 Å². The van der Waals surface area contributed by atoms with Crippen LogP contribution in [-0.4, -0.2) is 31.1 Å². The van der Waals surface area contributed by atoms with Crippen LogP contribution in [0.1, 0.15) is 19.3 Å². The van der Waals surface area contributed by atoms with E-state index in [0.29, 0.717) is 0 Å². The molecule has 1 saturated heterocycles. The molecule has 1 aliphatic rings. The van der Waals surface area contributed by atoms with E-state index in [1.807, 2.05) is 0 Å². The number of piperidine rings is 1. The summed E-state index contributed by atoms with van der Waals surface area (Å²) in [4.78, 5) is 2.45. The van der Waals surface area contributed by atoms with Gasteiger partial charge in [-0.05, 0) is 25.9 Å². The summed E-state index contributed by atoms with van der Waals surface area (Å²) in [6.07, 6.45) is 4.17. The molecule has 68 valence electrons. The first-order chi connectivity index (χ1) is 5.43. The van der Waals surface area contributed by atoms with Crippen molar-refractivity contribution in [2.45, 2.75) is 19.3 Å². The SMILES string of the molecule is NCCN1CCCCC1.NN. The quantitative estimate of drug-likeness (QED) is 0.367. The Balaban J connectivity index is 0.000000461. The number of hydrogen-bond acceptors (Lipinski definition) is 4. The van der Waals surface area contributed by atoms with Gasteiger partial charge in [0, 0.05) is 13.1 Å². The Labute approximate surface area is 68.7 Å². The third kappa shape index (κ3) is 5.15. The van der Waals surface area contributed by atoms with Crippen LogP contribution in [-0.2, 0) is 0 Å². The Hall–Kier alpha value is -0.160. The summed E-state index contributed by atoms with van der Waals surface area (Å²) in [5.74, 6) is 8.00. The van der Waals surface area contributed by atoms with Crippen molar-refractivity contribution in [3.63, 3.8) is 0 Å². The summed E-state index contributed by atoms with van der Waals surface area (Å²) in [6, 6.07) is 0. The van der Waals surface area contributed by atoms with E-state index in [4.69, 9.17) is 5.73 Å². The lowest BCUT2D eigenvalue weighted by Crippen LogP contribution is -2.33. The Kier molecular flexibility index (Phi) is 7.83. The third-order valence-electron chi connectivity index (χ3n) is 1.89. The van der Waals surface area contributed by atoms with E-state index in [2.05, 4.69) is 16.6 Å². The van der Waals surface area contributed by atoms with E-state index in [9.17, 15) is 0 Å². The predicted molar refractivity (Wildman–Crippen MR) is 47.7 cm³/mol. The largest absolute Gasteiger partial charge is 0.329 e. The summed E-state index contributed by atoms with van der Waals surface area (Å²) in [5, 5.41) is 0. The van der Waals surface area contributed by atoms with Crippen molar-refractivity contribution in [2.24, 2.45) is 17.4 Å². The number of nitrogens with two attached hydrogens (primary N) is 3. The van der Waals surface area contributed by atoms with Gasteiger partial charge < -0.3 is 10.6 Å². The molecule has 1 heterocycles. The molecule has 6 N–H and O–H groups in total. The molecule has 0 aliphatic carbocycles. The number of hydrogen-bond donors (Lipinski definition) is 3. The van der Waals surface area contributed by atoms with Gasteiger partial charge in [-0.2, -0.15) is 0 Å². The number of rotatable bonds is 2. The van der Waals surface area contributed by atoms with Gasteiger partial charge in [0.1, 0.15) is 0 Å². The van der Waals surface area contributed by atoms with Gasteiger partial charge in [0.05, 0.1) is 0 Å². The normalized spacial score (nSPS) is 18.8. The fraction of sp³-hybridized carbons (Fsp3) is 1.00. The summed E-state index contributed by atoms with van der Waals surface area (Å²) < 4.78 is 0. The van der Waals surface area contributed by atoms with Gasteiger partial charge in [-0.15, -0.1) is 0 Å². The molecule has 4 heteroatoms. The zero-order valence-electron chi connectivity index (χ0n) is 7.13. The van der Waals surface area contributed by atoms with Gasteiger partial charge in [0.2, 0.25) is 0 Å². The van der Waals surface area contributed by atoms with E-state index in [1.165, 1.54) is 32.4 Å². The lowest BCUT2D eigenvalue weighted by atomic mass is 10.1. The lowest BCUT2D eigenvalue weighted by molar-refractivity contribution is 0.235. The molecule has 0 spiro atoms. The molecule has 11 heavy (non-hydrogen) atoms. The summed E-state index contributed by atoms with van der Waals surface area (Å²) in [6.45, 7) is 4.47. The van der Waals surface area contributed by atoms with Crippen LogP contribution in [0.15, 0.2) is 0 Å². The highest BCUT2D eigenvalue weighted by atomic mass is 15.1. The molecule has 1 rings (SSSR count). The maximum Gasteiger partial charge on any atom is 0.0105 e. The molecule has 0 saturated carbocycles. The number of hydrazine groups is 1. The fourth-order valence-electron chi connectivity index (χ4n) is 1.37. The van der Waals surface area contributed by atoms with E-state index >= 15 is 0 Å². The third-order valence-corrected chi connectivity index (χ3v) is 1.89. The minimum absolute atomic E-state index is 0.819. The standard InChI is InChI=1S/C7H16N2.H4N2/c8-4-7-9-5-2-1-3-6-9;1-2/h1-8H2;1-2H2. The molecular weight excluding hydrogens is 140 g/mol. The zero-order chi connectivity index (χ0) is 8.53. The maximum absolute atomic E-state index is 5.42. The van der Waals surface area contributed by atoms with Gasteiger partial charge in [-0.3, -0.25) is 11.7 Å². The molecule has 1 fully saturated rings. The highest BCUT2D eigenvalue weighted by molar-refractivity contribution is 4.63. The van der Waals surface area contributed by atoms with Crippen LogP contribution in [0.4, 0.5) is 0 Å². The van der Waals surface area contributed by atoms with Gasteiger partial charge >= 0.3 is 0 Å². The second-order valence-corrected chi connectivity index (χ2v) is 2.69. The van der Waals surface area contributed by atoms with Crippen LogP contribution in [0.5, 0.6) is 0 Å². The number of likely N-dealkylation sites (tertiary alicyclic amines) is 1.